The lowest BCUT2D eigenvalue weighted by Gasteiger charge is -2.11. The van der Waals surface area contributed by atoms with Crippen molar-refractivity contribution in [2.45, 2.75) is 45.5 Å². The lowest BCUT2D eigenvalue weighted by Crippen LogP contribution is -2.25. The molecule has 1 N–H and O–H groups in total. The van der Waals surface area contributed by atoms with Crippen LogP contribution in [0.3, 0.4) is 0 Å². The third-order valence-corrected chi connectivity index (χ3v) is 2.51. The summed E-state index contributed by atoms with van der Waals surface area (Å²) in [5.74, 6) is 0. The van der Waals surface area contributed by atoms with Gasteiger partial charge in [-0.1, -0.05) is 6.92 Å². The SMILES string of the molecule is CCNC(C)CCCn1ccc(C(F)(F)F)n1. The highest BCUT2D eigenvalue weighted by Crippen LogP contribution is 2.27. The molecule has 98 valence electrons. The molecule has 0 bridgehead atoms. The van der Waals surface area contributed by atoms with Crippen LogP contribution in [0.2, 0.25) is 0 Å². The molecule has 0 aromatic carbocycles. The minimum atomic E-state index is -4.34. The second kappa shape index (κ2) is 6.05. The molecule has 0 fully saturated rings. The van der Waals surface area contributed by atoms with E-state index < -0.39 is 11.9 Å². The maximum absolute atomic E-state index is 12.3. The van der Waals surface area contributed by atoms with Gasteiger partial charge in [0.15, 0.2) is 5.69 Å². The van der Waals surface area contributed by atoms with E-state index in [1.165, 1.54) is 10.9 Å². The summed E-state index contributed by atoms with van der Waals surface area (Å²) in [4.78, 5) is 0. The molecule has 1 aromatic heterocycles. The van der Waals surface area contributed by atoms with Gasteiger partial charge in [0.05, 0.1) is 0 Å². The Morgan fingerprint density at radius 3 is 2.71 bits per heavy atom. The fourth-order valence-electron chi connectivity index (χ4n) is 1.65. The third kappa shape index (κ3) is 4.77. The molecular formula is C11H18F3N3. The maximum Gasteiger partial charge on any atom is 0.435 e. The highest BCUT2D eigenvalue weighted by molar-refractivity contribution is 5.03. The fraction of sp³-hybridized carbons (Fsp3) is 0.727. The van der Waals surface area contributed by atoms with Crippen LogP contribution >= 0.6 is 0 Å². The first-order valence-corrected chi connectivity index (χ1v) is 5.77. The zero-order chi connectivity index (χ0) is 12.9. The average Bonchev–Trinajstić information content (AvgIpc) is 2.66. The van der Waals surface area contributed by atoms with Gasteiger partial charge in [-0.2, -0.15) is 18.3 Å². The molecule has 0 radical (unpaired) electrons. The van der Waals surface area contributed by atoms with Crippen molar-refractivity contribution < 1.29 is 13.2 Å². The number of aryl methyl sites for hydroxylation is 1. The zero-order valence-corrected chi connectivity index (χ0v) is 10.1. The van der Waals surface area contributed by atoms with Crippen LogP contribution in [0.15, 0.2) is 12.3 Å². The van der Waals surface area contributed by atoms with Crippen LogP contribution in [0.5, 0.6) is 0 Å². The Hall–Kier alpha value is -1.04. The van der Waals surface area contributed by atoms with Gasteiger partial charge in [-0.15, -0.1) is 0 Å². The van der Waals surface area contributed by atoms with Crippen LogP contribution < -0.4 is 5.32 Å². The van der Waals surface area contributed by atoms with E-state index in [1.54, 1.807) is 0 Å². The molecule has 17 heavy (non-hydrogen) atoms. The lowest BCUT2D eigenvalue weighted by atomic mass is 10.2. The van der Waals surface area contributed by atoms with E-state index in [0.29, 0.717) is 12.6 Å². The zero-order valence-electron chi connectivity index (χ0n) is 10.1. The van der Waals surface area contributed by atoms with E-state index >= 15 is 0 Å². The summed E-state index contributed by atoms with van der Waals surface area (Å²) in [5.41, 5.74) is -0.822. The smallest absolute Gasteiger partial charge is 0.315 e. The minimum absolute atomic E-state index is 0.387. The van der Waals surface area contributed by atoms with Crippen LogP contribution in [0.4, 0.5) is 13.2 Å². The Labute approximate surface area is 99.0 Å². The molecule has 0 aliphatic carbocycles. The molecule has 1 unspecified atom stereocenters. The first-order valence-electron chi connectivity index (χ1n) is 5.77. The highest BCUT2D eigenvalue weighted by Gasteiger charge is 2.33. The molecule has 0 saturated heterocycles. The quantitative estimate of drug-likeness (QED) is 0.840. The highest BCUT2D eigenvalue weighted by atomic mass is 19.4. The maximum atomic E-state index is 12.3. The van der Waals surface area contributed by atoms with Gasteiger partial charge >= 0.3 is 6.18 Å². The summed E-state index contributed by atoms with van der Waals surface area (Å²) in [5, 5.41) is 6.75. The van der Waals surface area contributed by atoms with Crippen molar-refractivity contribution in [3.8, 4) is 0 Å². The molecule has 6 heteroatoms. The van der Waals surface area contributed by atoms with Gasteiger partial charge < -0.3 is 5.32 Å². The van der Waals surface area contributed by atoms with Crippen LogP contribution in [0.25, 0.3) is 0 Å². The van der Waals surface area contributed by atoms with Crippen LogP contribution in [0.1, 0.15) is 32.4 Å². The first kappa shape index (κ1) is 14.0. The van der Waals surface area contributed by atoms with Crippen LogP contribution in [-0.4, -0.2) is 22.4 Å². The lowest BCUT2D eigenvalue weighted by molar-refractivity contribution is -0.141. The van der Waals surface area contributed by atoms with Gasteiger partial charge in [0, 0.05) is 18.8 Å². The third-order valence-electron chi connectivity index (χ3n) is 2.51. The number of alkyl halides is 3. The van der Waals surface area contributed by atoms with Crippen molar-refractivity contribution in [3.05, 3.63) is 18.0 Å². The van der Waals surface area contributed by atoms with E-state index in [2.05, 4.69) is 17.3 Å². The molecule has 0 saturated carbocycles. The van der Waals surface area contributed by atoms with Crippen molar-refractivity contribution in [3.63, 3.8) is 0 Å². The average molecular weight is 249 g/mol. The minimum Gasteiger partial charge on any atom is -0.315 e. The van der Waals surface area contributed by atoms with Gasteiger partial charge in [-0.05, 0) is 32.4 Å². The second-order valence-electron chi connectivity index (χ2n) is 4.06. The number of nitrogens with one attached hydrogen (secondary N) is 1. The van der Waals surface area contributed by atoms with Crippen molar-refractivity contribution in [1.29, 1.82) is 0 Å². The number of hydrogen-bond acceptors (Lipinski definition) is 2. The first-order chi connectivity index (χ1) is 7.93. The van der Waals surface area contributed by atoms with E-state index in [-0.39, 0.29) is 0 Å². The number of rotatable bonds is 6. The molecular weight excluding hydrogens is 231 g/mol. The Bertz CT molecular complexity index is 333. The van der Waals surface area contributed by atoms with Gasteiger partial charge in [-0.25, -0.2) is 0 Å². The summed E-state index contributed by atoms with van der Waals surface area (Å²) < 4.78 is 38.1. The summed E-state index contributed by atoms with van der Waals surface area (Å²) in [6.45, 7) is 5.51. The molecule has 1 rings (SSSR count). The molecule has 1 heterocycles. The summed E-state index contributed by atoms with van der Waals surface area (Å²) in [6, 6.07) is 1.39. The molecule has 3 nitrogen and oxygen atoms in total. The largest absolute Gasteiger partial charge is 0.435 e. The van der Waals surface area contributed by atoms with E-state index in [1.807, 2.05) is 6.92 Å². The predicted octanol–water partition coefficient (Wildman–Crippen LogP) is 2.68. The van der Waals surface area contributed by atoms with Crippen LogP contribution in [0, 0.1) is 0 Å². The van der Waals surface area contributed by atoms with Gasteiger partial charge in [0.1, 0.15) is 0 Å². The summed E-state index contributed by atoms with van der Waals surface area (Å²) in [7, 11) is 0. The Morgan fingerprint density at radius 2 is 2.18 bits per heavy atom. The van der Waals surface area contributed by atoms with Crippen molar-refractivity contribution in [2.24, 2.45) is 0 Å². The van der Waals surface area contributed by atoms with Gasteiger partial charge in [0.25, 0.3) is 0 Å². The number of halogens is 3. The normalized spacial score (nSPS) is 13.9. The number of nitrogens with zero attached hydrogens (tertiary/aromatic N) is 2. The monoisotopic (exact) mass is 249 g/mol. The Morgan fingerprint density at radius 1 is 1.47 bits per heavy atom. The molecule has 1 atom stereocenters. The van der Waals surface area contributed by atoms with E-state index in [4.69, 9.17) is 0 Å². The second-order valence-corrected chi connectivity index (χ2v) is 4.06. The standard InChI is InChI=1S/C11H18F3N3/c1-3-15-9(2)5-4-7-17-8-6-10(16-17)11(12,13)14/h6,8-9,15H,3-5,7H2,1-2H3. The van der Waals surface area contributed by atoms with Crippen molar-refractivity contribution in [1.82, 2.24) is 15.1 Å². The topological polar surface area (TPSA) is 29.9 Å². The number of hydrogen-bond donors (Lipinski definition) is 1. The molecule has 1 aromatic rings. The molecule has 0 aliphatic rings. The van der Waals surface area contributed by atoms with E-state index in [0.717, 1.165) is 25.5 Å². The molecule has 0 spiro atoms. The Balaban J connectivity index is 2.35. The Kier molecular flexibility index (Phi) is 4.99. The van der Waals surface area contributed by atoms with Crippen LogP contribution in [-0.2, 0) is 12.7 Å². The van der Waals surface area contributed by atoms with Crippen molar-refractivity contribution >= 4 is 0 Å². The molecule has 0 amide bonds. The molecule has 0 aliphatic heterocycles. The summed E-state index contributed by atoms with van der Waals surface area (Å²) in [6.07, 6.45) is -1.23. The van der Waals surface area contributed by atoms with Gasteiger partial charge in [0.2, 0.25) is 0 Å². The van der Waals surface area contributed by atoms with Gasteiger partial charge in [-0.3, -0.25) is 4.68 Å². The van der Waals surface area contributed by atoms with E-state index in [9.17, 15) is 13.2 Å². The summed E-state index contributed by atoms with van der Waals surface area (Å²) >= 11 is 0. The van der Waals surface area contributed by atoms with Crippen molar-refractivity contribution in [2.75, 3.05) is 6.54 Å². The number of aromatic nitrogens is 2. The predicted molar refractivity (Wildman–Crippen MR) is 59.6 cm³/mol. The fourth-order valence-corrected chi connectivity index (χ4v) is 1.65.